The lowest BCUT2D eigenvalue weighted by atomic mass is 10.2. The van der Waals surface area contributed by atoms with Crippen LogP contribution < -0.4 is 4.90 Å². The number of quaternary nitrogens is 1. The fourth-order valence-corrected chi connectivity index (χ4v) is 0.706. The molecule has 0 saturated carbocycles. The van der Waals surface area contributed by atoms with E-state index < -0.39 is 0 Å². The van der Waals surface area contributed by atoms with Gasteiger partial charge in [0.15, 0.2) is 0 Å². The molecule has 2 nitrogen and oxygen atoms in total. The Morgan fingerprint density at radius 2 is 2.00 bits per heavy atom. The van der Waals surface area contributed by atoms with Crippen LogP contribution in [0.25, 0.3) is 0 Å². The Morgan fingerprint density at radius 3 is 2.40 bits per heavy atom. The first-order valence-corrected chi connectivity index (χ1v) is 4.03. The van der Waals surface area contributed by atoms with Gasteiger partial charge in [-0.1, -0.05) is 6.92 Å². The quantitative estimate of drug-likeness (QED) is 0.571. The van der Waals surface area contributed by atoms with Gasteiger partial charge in [-0.15, -0.1) is 0 Å². The molecule has 1 N–H and O–H groups in total. The van der Waals surface area contributed by atoms with Crippen LogP contribution in [0, 0.1) is 0 Å². The van der Waals surface area contributed by atoms with Crippen molar-refractivity contribution in [3.8, 4) is 0 Å². The lowest BCUT2D eigenvalue weighted by Crippen LogP contribution is -3.08. The Kier molecular flexibility index (Phi) is 5.22. The number of hydrogen-bond donors (Lipinski definition) is 1. The van der Waals surface area contributed by atoms with Gasteiger partial charge in [-0.3, -0.25) is 4.79 Å². The van der Waals surface area contributed by atoms with Crippen LogP contribution in [0.5, 0.6) is 0 Å². The topological polar surface area (TPSA) is 21.5 Å². The molecule has 2 heteroatoms. The minimum atomic E-state index is 0.382. The molecule has 0 aromatic rings. The average Bonchev–Trinajstić information content (AvgIpc) is 1.99. The Balaban J connectivity index is 3.26. The Bertz CT molecular complexity index is 101. The van der Waals surface area contributed by atoms with Gasteiger partial charge in [-0.05, 0) is 6.92 Å². The highest BCUT2D eigenvalue weighted by Gasteiger charge is 2.02. The van der Waals surface area contributed by atoms with E-state index in [2.05, 4.69) is 14.0 Å². The van der Waals surface area contributed by atoms with Gasteiger partial charge in [0.1, 0.15) is 5.78 Å². The summed E-state index contributed by atoms with van der Waals surface area (Å²) in [7, 11) is 2.11. The van der Waals surface area contributed by atoms with Crippen molar-refractivity contribution in [1.29, 1.82) is 0 Å². The van der Waals surface area contributed by atoms with E-state index in [9.17, 15) is 4.79 Å². The van der Waals surface area contributed by atoms with Crippen LogP contribution in [0.3, 0.4) is 0 Å². The SMILES string of the molecule is CCC(=O)CC[NH+](C)CC. The molecule has 0 aliphatic heterocycles. The molecule has 60 valence electrons. The van der Waals surface area contributed by atoms with E-state index in [1.165, 1.54) is 4.90 Å². The maximum atomic E-state index is 10.8. The Labute approximate surface area is 63.2 Å². The molecule has 0 rings (SSSR count). The molecule has 0 aliphatic carbocycles. The second kappa shape index (κ2) is 5.42. The van der Waals surface area contributed by atoms with Crippen LogP contribution in [0.15, 0.2) is 0 Å². The van der Waals surface area contributed by atoms with E-state index in [1.54, 1.807) is 0 Å². The summed E-state index contributed by atoms with van der Waals surface area (Å²) >= 11 is 0. The molecule has 0 radical (unpaired) electrons. The summed E-state index contributed by atoms with van der Waals surface area (Å²) in [6.45, 7) is 6.15. The maximum Gasteiger partial charge on any atom is 0.138 e. The third-order valence-corrected chi connectivity index (χ3v) is 1.83. The zero-order valence-electron chi connectivity index (χ0n) is 7.24. The third-order valence-electron chi connectivity index (χ3n) is 1.83. The first kappa shape index (κ1) is 9.63. The summed E-state index contributed by atoms with van der Waals surface area (Å²) < 4.78 is 0. The second-order valence-electron chi connectivity index (χ2n) is 2.70. The van der Waals surface area contributed by atoms with Crippen molar-refractivity contribution in [2.75, 3.05) is 20.1 Å². The van der Waals surface area contributed by atoms with Crippen molar-refractivity contribution in [1.82, 2.24) is 0 Å². The molecule has 0 fully saturated rings. The highest BCUT2D eigenvalue weighted by atomic mass is 16.1. The van der Waals surface area contributed by atoms with E-state index in [-0.39, 0.29) is 0 Å². The van der Waals surface area contributed by atoms with Gasteiger partial charge in [-0.2, -0.15) is 0 Å². The molecule has 0 saturated heterocycles. The third kappa shape index (κ3) is 4.50. The van der Waals surface area contributed by atoms with Crippen molar-refractivity contribution < 1.29 is 9.69 Å². The minimum absolute atomic E-state index is 0.382. The van der Waals surface area contributed by atoms with Crippen LogP contribution in [0.1, 0.15) is 26.7 Å². The van der Waals surface area contributed by atoms with Crippen LogP contribution >= 0.6 is 0 Å². The van der Waals surface area contributed by atoms with E-state index in [0.29, 0.717) is 12.2 Å². The van der Waals surface area contributed by atoms with E-state index in [0.717, 1.165) is 19.5 Å². The molecule has 1 unspecified atom stereocenters. The van der Waals surface area contributed by atoms with Crippen LogP contribution in [-0.2, 0) is 4.79 Å². The first-order valence-electron chi connectivity index (χ1n) is 4.03. The molecular formula is C8H18NO+. The van der Waals surface area contributed by atoms with Gasteiger partial charge in [0.2, 0.25) is 0 Å². The second-order valence-corrected chi connectivity index (χ2v) is 2.70. The van der Waals surface area contributed by atoms with Gasteiger partial charge in [0, 0.05) is 6.42 Å². The van der Waals surface area contributed by atoms with E-state index >= 15 is 0 Å². The Hall–Kier alpha value is -0.370. The summed E-state index contributed by atoms with van der Waals surface area (Å²) in [5.74, 6) is 0.382. The van der Waals surface area contributed by atoms with Crippen molar-refractivity contribution in [2.24, 2.45) is 0 Å². The highest BCUT2D eigenvalue weighted by Crippen LogP contribution is 1.83. The van der Waals surface area contributed by atoms with Gasteiger partial charge < -0.3 is 4.90 Å². The number of ketones is 1. The summed E-state index contributed by atoms with van der Waals surface area (Å²) in [4.78, 5) is 12.3. The molecule has 0 bridgehead atoms. The monoisotopic (exact) mass is 144 g/mol. The van der Waals surface area contributed by atoms with Crippen molar-refractivity contribution in [3.63, 3.8) is 0 Å². The fraction of sp³-hybridized carbons (Fsp3) is 0.875. The normalized spacial score (nSPS) is 13.1. The van der Waals surface area contributed by atoms with Gasteiger partial charge in [0.05, 0.1) is 26.6 Å². The molecule has 0 aromatic carbocycles. The van der Waals surface area contributed by atoms with Gasteiger partial charge >= 0.3 is 0 Å². The summed E-state index contributed by atoms with van der Waals surface area (Å²) in [6, 6.07) is 0. The zero-order chi connectivity index (χ0) is 7.98. The first-order chi connectivity index (χ1) is 4.70. The minimum Gasteiger partial charge on any atom is -0.337 e. The number of carbonyl (C=O) groups is 1. The molecule has 10 heavy (non-hydrogen) atoms. The molecular weight excluding hydrogens is 126 g/mol. The fourth-order valence-electron chi connectivity index (χ4n) is 0.706. The molecule has 0 aromatic heterocycles. The zero-order valence-corrected chi connectivity index (χ0v) is 7.24. The van der Waals surface area contributed by atoms with Crippen LogP contribution in [-0.4, -0.2) is 25.9 Å². The van der Waals surface area contributed by atoms with Crippen LogP contribution in [0.2, 0.25) is 0 Å². The molecule has 0 heterocycles. The number of hydrogen-bond acceptors (Lipinski definition) is 1. The molecule has 0 spiro atoms. The average molecular weight is 144 g/mol. The number of carbonyl (C=O) groups excluding carboxylic acids is 1. The lowest BCUT2D eigenvalue weighted by Gasteiger charge is -2.09. The number of nitrogens with one attached hydrogen (secondary N) is 1. The highest BCUT2D eigenvalue weighted by molar-refractivity contribution is 5.77. The predicted molar refractivity (Wildman–Crippen MR) is 42.2 cm³/mol. The standard InChI is InChI=1S/C8H17NO/c1-4-8(10)6-7-9(3)5-2/h4-7H2,1-3H3/p+1. The lowest BCUT2D eigenvalue weighted by molar-refractivity contribution is -0.876. The van der Waals surface area contributed by atoms with E-state index in [4.69, 9.17) is 0 Å². The smallest absolute Gasteiger partial charge is 0.138 e. The van der Waals surface area contributed by atoms with Crippen molar-refractivity contribution in [3.05, 3.63) is 0 Å². The van der Waals surface area contributed by atoms with Crippen LogP contribution in [0.4, 0.5) is 0 Å². The Morgan fingerprint density at radius 1 is 1.40 bits per heavy atom. The maximum absolute atomic E-state index is 10.8. The summed E-state index contributed by atoms with van der Waals surface area (Å²) in [5, 5.41) is 0. The molecule has 0 amide bonds. The van der Waals surface area contributed by atoms with Crippen molar-refractivity contribution in [2.45, 2.75) is 26.7 Å². The predicted octanol–water partition coefficient (Wildman–Crippen LogP) is -0.110. The largest absolute Gasteiger partial charge is 0.337 e. The molecule has 1 atom stereocenters. The summed E-state index contributed by atoms with van der Waals surface area (Å²) in [6.07, 6.45) is 1.44. The van der Waals surface area contributed by atoms with Crippen molar-refractivity contribution >= 4 is 5.78 Å². The van der Waals surface area contributed by atoms with E-state index in [1.807, 2.05) is 6.92 Å². The number of rotatable bonds is 5. The van der Waals surface area contributed by atoms with Gasteiger partial charge in [-0.25, -0.2) is 0 Å². The van der Waals surface area contributed by atoms with Gasteiger partial charge in [0.25, 0.3) is 0 Å². The molecule has 0 aliphatic rings. The summed E-state index contributed by atoms with van der Waals surface area (Å²) in [5.41, 5.74) is 0. The number of Topliss-reactive ketones (excluding diaryl/α,β-unsaturated/α-hetero) is 1.